The molecule has 2 aliphatic rings. The average molecular weight is 283 g/mol. The van der Waals surface area contributed by atoms with Gasteiger partial charge in [-0.3, -0.25) is 4.79 Å². The van der Waals surface area contributed by atoms with Gasteiger partial charge in [0.15, 0.2) is 0 Å². The predicted molar refractivity (Wildman–Crippen MR) is 65.5 cm³/mol. The van der Waals surface area contributed by atoms with Crippen LogP contribution in [0.5, 0.6) is 0 Å². The van der Waals surface area contributed by atoms with Crippen molar-refractivity contribution < 1.29 is 4.79 Å². The van der Waals surface area contributed by atoms with E-state index in [1.807, 2.05) is 12.3 Å². The number of amides is 1. The number of hydrogen-bond acceptors (Lipinski definition) is 1. The molecule has 16 heavy (non-hydrogen) atoms. The second-order valence-corrected chi connectivity index (χ2v) is 6.11. The largest absolute Gasteiger partial charge is 0.346 e. The van der Waals surface area contributed by atoms with Gasteiger partial charge in [0.2, 0.25) is 0 Å². The number of carbonyl (C=O) groups excluding carboxylic acids is 1. The number of aromatic nitrogens is 1. The minimum Gasteiger partial charge on any atom is -0.346 e. The van der Waals surface area contributed by atoms with Gasteiger partial charge in [0.25, 0.3) is 5.91 Å². The normalized spacial score (nSPS) is 21.9. The standard InChI is InChI=1S/C12H15BrN2O/c1-12(4-5-12)14-11(16)10-6-8(13)7-15(10)9-2-3-9/h6-7,9H,2-5H2,1H3,(H,14,16). The first-order chi connectivity index (χ1) is 7.57. The lowest BCUT2D eigenvalue weighted by Crippen LogP contribution is -2.35. The van der Waals surface area contributed by atoms with Crippen LogP contribution in [0.3, 0.4) is 0 Å². The summed E-state index contributed by atoms with van der Waals surface area (Å²) in [6.07, 6.45) is 6.60. The van der Waals surface area contributed by atoms with Crippen LogP contribution in [0.4, 0.5) is 0 Å². The summed E-state index contributed by atoms with van der Waals surface area (Å²) in [5, 5.41) is 3.10. The van der Waals surface area contributed by atoms with E-state index < -0.39 is 0 Å². The monoisotopic (exact) mass is 282 g/mol. The molecule has 1 amide bonds. The second-order valence-electron chi connectivity index (χ2n) is 5.20. The maximum atomic E-state index is 12.1. The third-order valence-electron chi connectivity index (χ3n) is 3.40. The number of rotatable bonds is 3. The fourth-order valence-corrected chi connectivity index (χ4v) is 2.37. The first-order valence-corrected chi connectivity index (χ1v) is 6.57. The van der Waals surface area contributed by atoms with Gasteiger partial charge >= 0.3 is 0 Å². The molecule has 0 unspecified atom stereocenters. The lowest BCUT2D eigenvalue weighted by Gasteiger charge is -2.13. The summed E-state index contributed by atoms with van der Waals surface area (Å²) < 4.78 is 3.09. The van der Waals surface area contributed by atoms with Crippen molar-refractivity contribution in [2.45, 2.75) is 44.2 Å². The highest BCUT2D eigenvalue weighted by Crippen LogP contribution is 2.38. The Labute approximate surface area is 103 Å². The summed E-state index contributed by atoms with van der Waals surface area (Å²) >= 11 is 3.44. The molecule has 0 radical (unpaired) electrons. The van der Waals surface area contributed by atoms with E-state index in [1.165, 1.54) is 12.8 Å². The van der Waals surface area contributed by atoms with Crippen molar-refractivity contribution in [2.24, 2.45) is 0 Å². The van der Waals surface area contributed by atoms with Crippen LogP contribution < -0.4 is 5.32 Å². The van der Waals surface area contributed by atoms with Gasteiger partial charge in [-0.05, 0) is 54.6 Å². The van der Waals surface area contributed by atoms with E-state index in [0.717, 1.165) is 23.0 Å². The van der Waals surface area contributed by atoms with Crippen molar-refractivity contribution >= 4 is 21.8 Å². The number of carbonyl (C=O) groups is 1. The lowest BCUT2D eigenvalue weighted by atomic mass is 10.3. The Morgan fingerprint density at radius 1 is 1.56 bits per heavy atom. The Hall–Kier alpha value is -0.770. The molecule has 1 N–H and O–H groups in total. The van der Waals surface area contributed by atoms with E-state index >= 15 is 0 Å². The van der Waals surface area contributed by atoms with Gasteiger partial charge in [-0.15, -0.1) is 0 Å². The van der Waals surface area contributed by atoms with Crippen molar-refractivity contribution in [3.05, 3.63) is 22.4 Å². The third kappa shape index (κ3) is 1.90. The molecule has 0 saturated heterocycles. The molecule has 1 aromatic heterocycles. The van der Waals surface area contributed by atoms with Crippen molar-refractivity contribution in [1.82, 2.24) is 9.88 Å². The van der Waals surface area contributed by atoms with Crippen molar-refractivity contribution in [3.8, 4) is 0 Å². The quantitative estimate of drug-likeness (QED) is 0.909. The van der Waals surface area contributed by atoms with Crippen molar-refractivity contribution in [3.63, 3.8) is 0 Å². The summed E-state index contributed by atoms with van der Waals surface area (Å²) in [4.78, 5) is 12.1. The Kier molecular flexibility index (Phi) is 2.18. The number of hydrogen-bond donors (Lipinski definition) is 1. The molecule has 86 valence electrons. The third-order valence-corrected chi connectivity index (χ3v) is 3.84. The van der Waals surface area contributed by atoms with E-state index in [9.17, 15) is 4.79 Å². The SMILES string of the molecule is CC1(NC(=O)c2cc(Br)cn2C2CC2)CC1. The fraction of sp³-hybridized carbons (Fsp3) is 0.583. The van der Waals surface area contributed by atoms with Gasteiger partial charge in [0.1, 0.15) is 5.69 Å². The van der Waals surface area contributed by atoms with Crippen LogP contribution >= 0.6 is 15.9 Å². The predicted octanol–water partition coefficient (Wildman–Crippen LogP) is 2.87. The minimum atomic E-state index is 0.0577. The molecule has 0 bridgehead atoms. The maximum Gasteiger partial charge on any atom is 0.268 e. The summed E-state index contributed by atoms with van der Waals surface area (Å²) in [7, 11) is 0. The molecule has 1 heterocycles. The average Bonchev–Trinajstić information content (AvgIpc) is 3.11. The van der Waals surface area contributed by atoms with Crippen LogP contribution in [0.25, 0.3) is 0 Å². The van der Waals surface area contributed by atoms with Crippen molar-refractivity contribution in [2.75, 3.05) is 0 Å². The number of nitrogens with zero attached hydrogens (tertiary/aromatic N) is 1. The highest BCUT2D eigenvalue weighted by Gasteiger charge is 2.39. The molecule has 0 aliphatic heterocycles. The van der Waals surface area contributed by atoms with Gasteiger partial charge in [-0.25, -0.2) is 0 Å². The van der Waals surface area contributed by atoms with E-state index in [4.69, 9.17) is 0 Å². The summed E-state index contributed by atoms with van der Waals surface area (Å²) in [6, 6.07) is 2.46. The fourth-order valence-electron chi connectivity index (χ4n) is 1.93. The highest BCUT2D eigenvalue weighted by atomic mass is 79.9. The van der Waals surface area contributed by atoms with E-state index in [1.54, 1.807) is 0 Å². The van der Waals surface area contributed by atoms with Gasteiger partial charge in [-0.1, -0.05) is 0 Å². The zero-order valence-corrected chi connectivity index (χ0v) is 10.9. The van der Waals surface area contributed by atoms with E-state index in [2.05, 4.69) is 32.7 Å². The smallest absolute Gasteiger partial charge is 0.268 e. The molecule has 0 spiro atoms. The second kappa shape index (κ2) is 3.36. The number of nitrogens with one attached hydrogen (secondary N) is 1. The topological polar surface area (TPSA) is 34.0 Å². The van der Waals surface area contributed by atoms with Crippen LogP contribution in [0.2, 0.25) is 0 Å². The molecule has 4 heteroatoms. The van der Waals surface area contributed by atoms with Crippen molar-refractivity contribution in [1.29, 1.82) is 0 Å². The summed E-state index contributed by atoms with van der Waals surface area (Å²) in [5.74, 6) is 0.0672. The molecule has 0 aromatic carbocycles. The van der Waals surface area contributed by atoms with Crippen LogP contribution in [0.15, 0.2) is 16.7 Å². The van der Waals surface area contributed by atoms with E-state index in [-0.39, 0.29) is 11.4 Å². The van der Waals surface area contributed by atoms with E-state index in [0.29, 0.717) is 6.04 Å². The molecule has 1 aromatic rings. The molecule has 2 aliphatic carbocycles. The Morgan fingerprint density at radius 2 is 2.25 bits per heavy atom. The van der Waals surface area contributed by atoms with Crippen LogP contribution in [0.1, 0.15) is 49.1 Å². The molecule has 0 atom stereocenters. The molecule has 2 saturated carbocycles. The molecule has 3 rings (SSSR count). The molecular weight excluding hydrogens is 268 g/mol. The molecule has 2 fully saturated rings. The number of halogens is 1. The van der Waals surface area contributed by atoms with Crippen LogP contribution in [0, 0.1) is 0 Å². The minimum absolute atomic E-state index is 0.0577. The zero-order valence-electron chi connectivity index (χ0n) is 9.29. The van der Waals surface area contributed by atoms with Crippen LogP contribution in [-0.2, 0) is 0 Å². The van der Waals surface area contributed by atoms with Gasteiger partial charge in [0.05, 0.1) is 0 Å². The summed E-state index contributed by atoms with van der Waals surface area (Å²) in [5.41, 5.74) is 0.852. The Balaban J connectivity index is 1.84. The lowest BCUT2D eigenvalue weighted by molar-refractivity contribution is 0.0926. The van der Waals surface area contributed by atoms with Gasteiger partial charge in [0, 0.05) is 22.3 Å². The first-order valence-electron chi connectivity index (χ1n) is 5.77. The summed E-state index contributed by atoms with van der Waals surface area (Å²) in [6.45, 7) is 2.10. The Bertz CT molecular complexity index is 444. The van der Waals surface area contributed by atoms with Gasteiger partial charge < -0.3 is 9.88 Å². The molecule has 3 nitrogen and oxygen atoms in total. The highest BCUT2D eigenvalue weighted by molar-refractivity contribution is 9.10. The zero-order chi connectivity index (χ0) is 11.3. The van der Waals surface area contributed by atoms with Gasteiger partial charge in [-0.2, -0.15) is 0 Å². The Morgan fingerprint density at radius 3 is 2.81 bits per heavy atom. The molecular formula is C12H15BrN2O. The van der Waals surface area contributed by atoms with Crippen LogP contribution in [-0.4, -0.2) is 16.0 Å². The first kappa shape index (κ1) is 10.4. The maximum absolute atomic E-state index is 12.1.